The molecule has 2 atom stereocenters. The van der Waals surface area contributed by atoms with E-state index in [1.54, 1.807) is 24.3 Å². The van der Waals surface area contributed by atoms with Gasteiger partial charge in [0.2, 0.25) is 11.8 Å². The number of ether oxygens (including phenoxy) is 1. The van der Waals surface area contributed by atoms with Crippen LogP contribution in [0, 0.1) is 17.8 Å². The first-order chi connectivity index (χ1) is 16.5. The van der Waals surface area contributed by atoms with Crippen molar-refractivity contribution in [2.45, 2.75) is 72.8 Å². The third-order valence-corrected chi connectivity index (χ3v) is 5.63. The maximum absolute atomic E-state index is 13.6. The number of benzene rings is 2. The standard InChI is InChI=1S/C29H40N2O4/c1-21(2)20-26(27(33)30-31(22(3)32)24-17-11-8-12-18-24)25(28(34)35-29(4,5)6)19-13-16-23-14-9-7-10-15-23/h7-12,14-15,17-18,21,25-26H,13,16,19-20H2,1-6H3,(H,30,33)/t25-,26-/m0/s1. The highest BCUT2D eigenvalue weighted by Gasteiger charge is 2.37. The number of carbonyl (C=O) groups is 3. The summed E-state index contributed by atoms with van der Waals surface area (Å²) < 4.78 is 5.75. The van der Waals surface area contributed by atoms with E-state index < -0.39 is 17.4 Å². The van der Waals surface area contributed by atoms with Crippen molar-refractivity contribution < 1.29 is 19.1 Å². The first-order valence-electron chi connectivity index (χ1n) is 12.4. The number of nitrogens with zero attached hydrogens (tertiary/aromatic N) is 1. The molecule has 6 heteroatoms. The van der Waals surface area contributed by atoms with Crippen LogP contribution in [0.2, 0.25) is 0 Å². The SMILES string of the molecule is CC(=O)N(NC(=O)[C@@H](CC(C)C)[C@H](CCCc1ccccc1)C(=O)OC(C)(C)C)c1ccccc1. The van der Waals surface area contributed by atoms with Gasteiger partial charge in [-0.2, -0.15) is 0 Å². The van der Waals surface area contributed by atoms with Crippen LogP contribution in [0.3, 0.4) is 0 Å². The van der Waals surface area contributed by atoms with E-state index in [-0.39, 0.29) is 23.7 Å². The van der Waals surface area contributed by atoms with Gasteiger partial charge < -0.3 is 4.74 Å². The van der Waals surface area contributed by atoms with Crippen LogP contribution in [0.25, 0.3) is 0 Å². The Bertz CT molecular complexity index is 952. The van der Waals surface area contributed by atoms with E-state index in [0.717, 1.165) is 12.8 Å². The molecule has 0 aliphatic heterocycles. The number of hydrogen-bond donors (Lipinski definition) is 1. The third-order valence-electron chi connectivity index (χ3n) is 5.63. The van der Waals surface area contributed by atoms with Crippen LogP contribution in [-0.2, 0) is 25.5 Å². The van der Waals surface area contributed by atoms with Crippen LogP contribution >= 0.6 is 0 Å². The number of esters is 1. The van der Waals surface area contributed by atoms with Gasteiger partial charge in [0.15, 0.2) is 0 Å². The quantitative estimate of drug-likeness (QED) is 0.349. The van der Waals surface area contributed by atoms with Crippen LogP contribution in [-0.4, -0.2) is 23.4 Å². The minimum absolute atomic E-state index is 0.173. The van der Waals surface area contributed by atoms with Gasteiger partial charge in [-0.25, -0.2) is 5.01 Å². The zero-order valence-electron chi connectivity index (χ0n) is 21.9. The van der Waals surface area contributed by atoms with Crippen molar-refractivity contribution in [2.24, 2.45) is 17.8 Å². The van der Waals surface area contributed by atoms with Gasteiger partial charge in [0, 0.05) is 6.92 Å². The second-order valence-electron chi connectivity index (χ2n) is 10.4. The van der Waals surface area contributed by atoms with Crippen molar-refractivity contribution in [1.29, 1.82) is 0 Å². The molecule has 190 valence electrons. The van der Waals surface area contributed by atoms with Gasteiger partial charge in [-0.05, 0) is 70.1 Å². The number of nitrogens with one attached hydrogen (secondary N) is 1. The van der Waals surface area contributed by atoms with Gasteiger partial charge in [0.05, 0.1) is 17.5 Å². The highest BCUT2D eigenvalue weighted by Crippen LogP contribution is 2.29. The molecule has 35 heavy (non-hydrogen) atoms. The summed E-state index contributed by atoms with van der Waals surface area (Å²) in [6, 6.07) is 19.0. The molecular formula is C29H40N2O4. The first-order valence-corrected chi connectivity index (χ1v) is 12.4. The fourth-order valence-corrected chi connectivity index (χ4v) is 4.09. The van der Waals surface area contributed by atoms with Gasteiger partial charge in [-0.3, -0.25) is 19.8 Å². The van der Waals surface area contributed by atoms with Gasteiger partial charge in [0.1, 0.15) is 5.60 Å². The van der Waals surface area contributed by atoms with Crippen LogP contribution < -0.4 is 10.4 Å². The van der Waals surface area contributed by atoms with Gasteiger partial charge in [-0.1, -0.05) is 62.4 Å². The fraction of sp³-hybridized carbons (Fsp3) is 0.483. The number of hydrogen-bond acceptors (Lipinski definition) is 4. The van der Waals surface area contributed by atoms with E-state index in [9.17, 15) is 14.4 Å². The normalized spacial score (nSPS) is 13.1. The number of para-hydroxylation sites is 1. The molecular weight excluding hydrogens is 440 g/mol. The van der Waals surface area contributed by atoms with Gasteiger partial charge >= 0.3 is 5.97 Å². The molecule has 6 nitrogen and oxygen atoms in total. The molecule has 0 spiro atoms. The average molecular weight is 481 g/mol. The molecule has 0 aliphatic carbocycles. The van der Waals surface area contributed by atoms with E-state index >= 15 is 0 Å². The van der Waals surface area contributed by atoms with Gasteiger partial charge in [0.25, 0.3) is 0 Å². The van der Waals surface area contributed by atoms with E-state index in [2.05, 4.69) is 17.6 Å². The number of rotatable bonds is 10. The van der Waals surface area contributed by atoms with Crippen LogP contribution in [0.15, 0.2) is 60.7 Å². The molecule has 0 unspecified atom stereocenters. The highest BCUT2D eigenvalue weighted by atomic mass is 16.6. The number of aryl methyl sites for hydroxylation is 1. The smallest absolute Gasteiger partial charge is 0.310 e. The summed E-state index contributed by atoms with van der Waals surface area (Å²) in [5.74, 6) is -2.12. The topological polar surface area (TPSA) is 75.7 Å². The zero-order chi connectivity index (χ0) is 26.0. The molecule has 2 aromatic carbocycles. The Morgan fingerprint density at radius 1 is 0.914 bits per heavy atom. The van der Waals surface area contributed by atoms with Crippen molar-refractivity contribution in [3.05, 3.63) is 66.2 Å². The van der Waals surface area contributed by atoms with Crippen LogP contribution in [0.5, 0.6) is 0 Å². The number of amides is 2. The Hall–Kier alpha value is -3.15. The summed E-state index contributed by atoms with van der Waals surface area (Å²) in [4.78, 5) is 39.3. The molecule has 0 saturated carbocycles. The van der Waals surface area contributed by atoms with Crippen molar-refractivity contribution in [2.75, 3.05) is 5.01 Å². The van der Waals surface area contributed by atoms with Crippen molar-refractivity contribution >= 4 is 23.5 Å². The highest BCUT2D eigenvalue weighted by molar-refractivity contribution is 5.96. The van der Waals surface area contributed by atoms with E-state index in [4.69, 9.17) is 4.74 Å². The Balaban J connectivity index is 2.29. The first kappa shape index (κ1) is 28.1. The Morgan fingerprint density at radius 2 is 1.49 bits per heavy atom. The number of anilines is 1. The molecule has 2 amide bonds. The molecule has 0 bridgehead atoms. The lowest BCUT2D eigenvalue weighted by molar-refractivity contribution is -0.164. The molecule has 2 rings (SSSR count). The van der Waals surface area contributed by atoms with E-state index in [1.165, 1.54) is 17.5 Å². The molecule has 0 aromatic heterocycles. The van der Waals surface area contributed by atoms with E-state index in [1.807, 2.05) is 58.9 Å². The summed E-state index contributed by atoms with van der Waals surface area (Å²) >= 11 is 0. The maximum Gasteiger partial charge on any atom is 0.310 e. The van der Waals surface area contributed by atoms with Crippen LogP contribution in [0.1, 0.15) is 66.4 Å². The summed E-state index contributed by atoms with van der Waals surface area (Å²) in [6.45, 7) is 10.9. The molecule has 0 saturated heterocycles. The van der Waals surface area contributed by atoms with Crippen LogP contribution in [0.4, 0.5) is 5.69 Å². The molecule has 2 aromatic rings. The summed E-state index contributed by atoms with van der Waals surface area (Å²) in [5.41, 5.74) is 3.87. The molecule has 0 radical (unpaired) electrons. The average Bonchev–Trinajstić information content (AvgIpc) is 2.78. The minimum Gasteiger partial charge on any atom is -0.460 e. The Kier molecular flexibility index (Phi) is 10.5. The zero-order valence-corrected chi connectivity index (χ0v) is 21.9. The predicted molar refractivity (Wildman–Crippen MR) is 139 cm³/mol. The second-order valence-corrected chi connectivity index (χ2v) is 10.4. The molecule has 0 heterocycles. The van der Waals surface area contributed by atoms with Crippen molar-refractivity contribution in [3.63, 3.8) is 0 Å². The summed E-state index contributed by atoms with van der Waals surface area (Å²) in [6.07, 6.45) is 2.56. The minimum atomic E-state index is -0.664. The number of hydrazine groups is 1. The summed E-state index contributed by atoms with van der Waals surface area (Å²) in [5, 5.41) is 1.24. The Morgan fingerprint density at radius 3 is 2.00 bits per heavy atom. The fourth-order valence-electron chi connectivity index (χ4n) is 4.09. The molecule has 0 aliphatic rings. The molecule has 1 N–H and O–H groups in total. The van der Waals surface area contributed by atoms with Crippen molar-refractivity contribution in [3.8, 4) is 0 Å². The molecule has 0 fully saturated rings. The van der Waals surface area contributed by atoms with E-state index in [0.29, 0.717) is 18.5 Å². The largest absolute Gasteiger partial charge is 0.460 e. The lowest BCUT2D eigenvalue weighted by Gasteiger charge is -2.31. The lowest BCUT2D eigenvalue weighted by Crippen LogP contribution is -2.50. The maximum atomic E-state index is 13.6. The Labute approximate surface area is 210 Å². The second kappa shape index (κ2) is 13.1. The van der Waals surface area contributed by atoms with Gasteiger partial charge in [-0.15, -0.1) is 0 Å². The predicted octanol–water partition coefficient (Wildman–Crippen LogP) is 5.71. The number of carbonyl (C=O) groups excluding carboxylic acids is 3. The summed E-state index contributed by atoms with van der Waals surface area (Å²) in [7, 11) is 0. The lowest BCUT2D eigenvalue weighted by atomic mass is 9.81. The third kappa shape index (κ3) is 9.55. The monoisotopic (exact) mass is 480 g/mol. The van der Waals surface area contributed by atoms with Crippen molar-refractivity contribution in [1.82, 2.24) is 5.43 Å².